The minimum absolute atomic E-state index is 0.0930. The standard InChI is InChI=1S/C9H19F2NO/c1-8(7-12-3)13-6-4-5-9(2,10)11/h8,12H,4-7H2,1-3H3. The van der Waals surface area contributed by atoms with Crippen LogP contribution in [0.1, 0.15) is 26.7 Å². The smallest absolute Gasteiger partial charge is 0.245 e. The second kappa shape index (κ2) is 6.27. The van der Waals surface area contributed by atoms with Crippen LogP contribution in [0.15, 0.2) is 0 Å². The Morgan fingerprint density at radius 3 is 2.54 bits per heavy atom. The molecule has 0 aliphatic rings. The number of hydrogen-bond acceptors (Lipinski definition) is 2. The molecule has 0 spiro atoms. The lowest BCUT2D eigenvalue weighted by Gasteiger charge is -2.13. The maximum atomic E-state index is 12.3. The van der Waals surface area contributed by atoms with Gasteiger partial charge in [0.05, 0.1) is 6.10 Å². The van der Waals surface area contributed by atoms with Crippen LogP contribution in [0.25, 0.3) is 0 Å². The molecule has 0 aliphatic carbocycles. The molecule has 13 heavy (non-hydrogen) atoms. The number of ether oxygens (including phenoxy) is 1. The van der Waals surface area contributed by atoms with Gasteiger partial charge in [-0.1, -0.05) is 0 Å². The van der Waals surface area contributed by atoms with E-state index < -0.39 is 5.92 Å². The van der Waals surface area contributed by atoms with Gasteiger partial charge in [0.1, 0.15) is 0 Å². The number of halogens is 2. The molecule has 80 valence electrons. The Bertz CT molecular complexity index is 125. The summed E-state index contributed by atoms with van der Waals surface area (Å²) >= 11 is 0. The van der Waals surface area contributed by atoms with Gasteiger partial charge in [0.15, 0.2) is 0 Å². The molecule has 0 bridgehead atoms. The molecule has 0 saturated carbocycles. The fourth-order valence-electron chi connectivity index (χ4n) is 1.01. The first kappa shape index (κ1) is 12.8. The molecule has 0 fully saturated rings. The van der Waals surface area contributed by atoms with Gasteiger partial charge in [0.2, 0.25) is 5.92 Å². The molecule has 0 aromatic heterocycles. The van der Waals surface area contributed by atoms with E-state index in [0.717, 1.165) is 13.5 Å². The third-order valence-electron chi connectivity index (χ3n) is 1.65. The zero-order chi connectivity index (χ0) is 10.3. The topological polar surface area (TPSA) is 21.3 Å². The van der Waals surface area contributed by atoms with Gasteiger partial charge < -0.3 is 10.1 Å². The lowest BCUT2D eigenvalue weighted by atomic mass is 10.2. The minimum atomic E-state index is -2.56. The third-order valence-corrected chi connectivity index (χ3v) is 1.65. The van der Waals surface area contributed by atoms with Crippen molar-refractivity contribution < 1.29 is 13.5 Å². The molecule has 0 heterocycles. The van der Waals surface area contributed by atoms with Crippen molar-refractivity contribution in [2.24, 2.45) is 0 Å². The first-order valence-corrected chi connectivity index (χ1v) is 4.60. The van der Waals surface area contributed by atoms with Crippen molar-refractivity contribution in [3.8, 4) is 0 Å². The lowest BCUT2D eigenvalue weighted by Crippen LogP contribution is -2.24. The molecule has 1 atom stereocenters. The number of hydrogen-bond donors (Lipinski definition) is 1. The van der Waals surface area contributed by atoms with Crippen LogP contribution in [0.2, 0.25) is 0 Å². The SMILES string of the molecule is CNCC(C)OCCCC(C)(F)F. The molecular formula is C9H19F2NO. The molecule has 2 nitrogen and oxygen atoms in total. The highest BCUT2D eigenvalue weighted by Crippen LogP contribution is 2.18. The second-order valence-electron chi connectivity index (χ2n) is 3.41. The van der Waals surface area contributed by atoms with E-state index >= 15 is 0 Å². The molecule has 0 saturated heterocycles. The molecule has 1 N–H and O–H groups in total. The van der Waals surface area contributed by atoms with Crippen molar-refractivity contribution in [1.29, 1.82) is 0 Å². The van der Waals surface area contributed by atoms with Crippen LogP contribution in [-0.4, -0.2) is 32.2 Å². The summed E-state index contributed by atoms with van der Waals surface area (Å²) in [6.07, 6.45) is 0.409. The zero-order valence-electron chi connectivity index (χ0n) is 8.57. The van der Waals surface area contributed by atoms with Crippen molar-refractivity contribution in [3.63, 3.8) is 0 Å². The van der Waals surface area contributed by atoms with Gasteiger partial charge in [-0.15, -0.1) is 0 Å². The van der Waals surface area contributed by atoms with E-state index in [1.165, 1.54) is 0 Å². The van der Waals surface area contributed by atoms with Crippen LogP contribution in [0, 0.1) is 0 Å². The number of rotatable bonds is 7. The predicted octanol–water partition coefficient (Wildman–Crippen LogP) is 2.05. The monoisotopic (exact) mass is 195 g/mol. The summed E-state index contributed by atoms with van der Waals surface area (Å²) in [4.78, 5) is 0. The largest absolute Gasteiger partial charge is 0.377 e. The van der Waals surface area contributed by atoms with Crippen molar-refractivity contribution in [1.82, 2.24) is 5.32 Å². The Kier molecular flexibility index (Phi) is 6.16. The summed E-state index contributed by atoms with van der Waals surface area (Å²) in [6.45, 7) is 4.01. The summed E-state index contributed by atoms with van der Waals surface area (Å²) in [7, 11) is 1.83. The highest BCUT2D eigenvalue weighted by molar-refractivity contribution is 4.58. The summed E-state index contributed by atoms with van der Waals surface area (Å²) in [5, 5.41) is 2.95. The van der Waals surface area contributed by atoms with Crippen molar-refractivity contribution >= 4 is 0 Å². The average molecular weight is 195 g/mol. The van der Waals surface area contributed by atoms with Crippen LogP contribution in [0.4, 0.5) is 8.78 Å². The van der Waals surface area contributed by atoms with Gasteiger partial charge in [0.25, 0.3) is 0 Å². The Morgan fingerprint density at radius 2 is 2.08 bits per heavy atom. The second-order valence-corrected chi connectivity index (χ2v) is 3.41. The van der Waals surface area contributed by atoms with Gasteiger partial charge in [-0.2, -0.15) is 0 Å². The Morgan fingerprint density at radius 1 is 1.46 bits per heavy atom. The van der Waals surface area contributed by atoms with Crippen molar-refractivity contribution in [2.45, 2.75) is 38.7 Å². The molecule has 0 aromatic carbocycles. The predicted molar refractivity (Wildman–Crippen MR) is 49.2 cm³/mol. The quantitative estimate of drug-likeness (QED) is 0.628. The van der Waals surface area contributed by atoms with Crippen LogP contribution in [0.5, 0.6) is 0 Å². The Hall–Kier alpha value is -0.220. The third kappa shape index (κ3) is 9.70. The molecule has 0 aliphatic heterocycles. The van der Waals surface area contributed by atoms with E-state index in [1.807, 2.05) is 14.0 Å². The van der Waals surface area contributed by atoms with E-state index in [-0.39, 0.29) is 12.5 Å². The average Bonchev–Trinajstić information content (AvgIpc) is 1.97. The first-order chi connectivity index (χ1) is 5.95. The normalized spacial score (nSPS) is 14.5. The Balaban J connectivity index is 3.25. The first-order valence-electron chi connectivity index (χ1n) is 4.60. The summed E-state index contributed by atoms with van der Waals surface area (Å²) < 4.78 is 29.9. The maximum Gasteiger partial charge on any atom is 0.245 e. The van der Waals surface area contributed by atoms with Gasteiger partial charge in [-0.3, -0.25) is 0 Å². The van der Waals surface area contributed by atoms with E-state index in [4.69, 9.17) is 4.74 Å². The van der Waals surface area contributed by atoms with Crippen molar-refractivity contribution in [2.75, 3.05) is 20.2 Å². The molecule has 0 aromatic rings. The molecular weight excluding hydrogens is 176 g/mol. The van der Waals surface area contributed by atoms with E-state index in [9.17, 15) is 8.78 Å². The summed E-state index contributed by atoms with van der Waals surface area (Å²) in [5.74, 6) is -2.56. The number of nitrogens with one attached hydrogen (secondary N) is 1. The fourth-order valence-corrected chi connectivity index (χ4v) is 1.01. The van der Waals surface area contributed by atoms with Gasteiger partial charge in [-0.05, 0) is 27.3 Å². The minimum Gasteiger partial charge on any atom is -0.377 e. The molecule has 0 amide bonds. The van der Waals surface area contributed by atoms with Crippen LogP contribution < -0.4 is 5.32 Å². The fraction of sp³-hybridized carbons (Fsp3) is 1.00. The zero-order valence-corrected chi connectivity index (χ0v) is 8.57. The van der Waals surface area contributed by atoms with Crippen LogP contribution in [-0.2, 0) is 4.74 Å². The highest BCUT2D eigenvalue weighted by atomic mass is 19.3. The molecule has 4 heteroatoms. The summed E-state index contributed by atoms with van der Waals surface area (Å²) in [6, 6.07) is 0. The lowest BCUT2D eigenvalue weighted by molar-refractivity contribution is -0.00525. The van der Waals surface area contributed by atoms with E-state index in [0.29, 0.717) is 13.0 Å². The van der Waals surface area contributed by atoms with E-state index in [2.05, 4.69) is 5.32 Å². The number of alkyl halides is 2. The van der Waals surface area contributed by atoms with Crippen LogP contribution in [0.3, 0.4) is 0 Å². The maximum absolute atomic E-state index is 12.3. The molecule has 0 rings (SSSR count). The van der Waals surface area contributed by atoms with Gasteiger partial charge in [0, 0.05) is 19.6 Å². The summed E-state index contributed by atoms with van der Waals surface area (Å²) in [5.41, 5.74) is 0. The van der Waals surface area contributed by atoms with Crippen LogP contribution >= 0.6 is 0 Å². The van der Waals surface area contributed by atoms with Gasteiger partial charge >= 0.3 is 0 Å². The highest BCUT2D eigenvalue weighted by Gasteiger charge is 2.19. The molecule has 0 radical (unpaired) electrons. The van der Waals surface area contributed by atoms with Gasteiger partial charge in [-0.25, -0.2) is 8.78 Å². The van der Waals surface area contributed by atoms with Crippen molar-refractivity contribution in [3.05, 3.63) is 0 Å². The Labute approximate surface area is 78.7 Å². The molecule has 1 unspecified atom stereocenters. The number of likely N-dealkylation sites (N-methyl/N-ethyl adjacent to an activating group) is 1. The van der Waals surface area contributed by atoms with E-state index in [1.54, 1.807) is 0 Å².